The van der Waals surface area contributed by atoms with Crippen LogP contribution in [0.4, 0.5) is 0 Å². The number of hydrogen-bond acceptors (Lipinski definition) is 2. The van der Waals surface area contributed by atoms with E-state index in [-0.39, 0.29) is 0 Å². The first-order chi connectivity index (χ1) is 7.40. The minimum Gasteiger partial charge on any atom is -0.493 e. The lowest BCUT2D eigenvalue weighted by atomic mass is 10.1. The minimum absolute atomic E-state index is 0.679. The summed E-state index contributed by atoms with van der Waals surface area (Å²) in [5.74, 6) is 1.74. The summed E-state index contributed by atoms with van der Waals surface area (Å²) in [6, 6.07) is 6.48. The van der Waals surface area contributed by atoms with E-state index in [4.69, 9.17) is 16.3 Å². The van der Waals surface area contributed by atoms with Gasteiger partial charge >= 0.3 is 0 Å². The van der Waals surface area contributed by atoms with E-state index in [1.165, 1.54) is 11.1 Å². The average molecular weight is 226 g/mol. The fraction of sp³-hybridized carbons (Fsp3) is 0.500. The van der Waals surface area contributed by atoms with Crippen molar-refractivity contribution in [2.75, 3.05) is 25.6 Å². The fourth-order valence-electron chi connectivity index (χ4n) is 1.82. The average Bonchev–Trinajstić information content (AvgIpc) is 2.71. The second kappa shape index (κ2) is 5.38. The molecule has 1 heterocycles. The number of rotatable bonds is 5. The van der Waals surface area contributed by atoms with Gasteiger partial charge in [-0.1, -0.05) is 12.1 Å². The first-order valence-corrected chi connectivity index (χ1v) is 5.95. The Morgan fingerprint density at radius 1 is 1.33 bits per heavy atom. The molecule has 1 N–H and O–H groups in total. The summed E-state index contributed by atoms with van der Waals surface area (Å²) in [4.78, 5) is 0. The standard InChI is InChI=1S/C12H16ClNO/c13-5-7-14-6-3-10-1-2-12-11(9-10)4-8-15-12/h1-2,9,14H,3-8H2. The van der Waals surface area contributed by atoms with Crippen molar-refractivity contribution in [1.29, 1.82) is 0 Å². The topological polar surface area (TPSA) is 21.3 Å². The van der Waals surface area contributed by atoms with E-state index in [0.717, 1.165) is 38.3 Å². The Balaban J connectivity index is 1.87. The highest BCUT2D eigenvalue weighted by Gasteiger charge is 2.11. The molecule has 3 heteroatoms. The van der Waals surface area contributed by atoms with Crippen molar-refractivity contribution in [3.8, 4) is 5.75 Å². The number of benzene rings is 1. The third-order valence-electron chi connectivity index (χ3n) is 2.62. The lowest BCUT2D eigenvalue weighted by molar-refractivity contribution is 0.357. The van der Waals surface area contributed by atoms with Gasteiger partial charge in [0.15, 0.2) is 0 Å². The SMILES string of the molecule is ClCCNCCc1ccc2c(c1)CCO2. The lowest BCUT2D eigenvalue weighted by Crippen LogP contribution is -2.19. The molecule has 0 spiro atoms. The van der Waals surface area contributed by atoms with Gasteiger partial charge < -0.3 is 10.1 Å². The molecule has 0 aliphatic carbocycles. The Morgan fingerprint density at radius 2 is 2.27 bits per heavy atom. The summed E-state index contributed by atoms with van der Waals surface area (Å²) in [6.07, 6.45) is 2.11. The first kappa shape index (κ1) is 10.8. The molecule has 2 nitrogen and oxygen atoms in total. The van der Waals surface area contributed by atoms with Gasteiger partial charge in [0.25, 0.3) is 0 Å². The van der Waals surface area contributed by atoms with Crippen molar-refractivity contribution < 1.29 is 4.74 Å². The van der Waals surface area contributed by atoms with Crippen LogP contribution in [0.3, 0.4) is 0 Å². The first-order valence-electron chi connectivity index (χ1n) is 5.41. The molecule has 0 aromatic heterocycles. The van der Waals surface area contributed by atoms with E-state index in [9.17, 15) is 0 Å². The number of halogens is 1. The Hall–Kier alpha value is -0.730. The third kappa shape index (κ3) is 2.86. The normalized spacial score (nSPS) is 13.7. The van der Waals surface area contributed by atoms with E-state index in [1.807, 2.05) is 0 Å². The number of hydrogen-bond donors (Lipinski definition) is 1. The molecule has 0 saturated carbocycles. The zero-order valence-electron chi connectivity index (χ0n) is 8.76. The highest BCUT2D eigenvalue weighted by atomic mass is 35.5. The van der Waals surface area contributed by atoms with Gasteiger partial charge in [-0.3, -0.25) is 0 Å². The van der Waals surface area contributed by atoms with Crippen LogP contribution in [0.25, 0.3) is 0 Å². The summed E-state index contributed by atoms with van der Waals surface area (Å²) in [6.45, 7) is 2.71. The van der Waals surface area contributed by atoms with E-state index >= 15 is 0 Å². The minimum atomic E-state index is 0.679. The molecule has 15 heavy (non-hydrogen) atoms. The van der Waals surface area contributed by atoms with E-state index in [2.05, 4.69) is 23.5 Å². The largest absolute Gasteiger partial charge is 0.493 e. The van der Waals surface area contributed by atoms with Gasteiger partial charge in [0.05, 0.1) is 6.61 Å². The molecule has 0 radical (unpaired) electrons. The van der Waals surface area contributed by atoms with E-state index in [0.29, 0.717) is 5.88 Å². The quantitative estimate of drug-likeness (QED) is 0.611. The molecule has 1 aliphatic heterocycles. The Bertz CT molecular complexity index is 327. The van der Waals surface area contributed by atoms with Gasteiger partial charge in [-0.25, -0.2) is 0 Å². The van der Waals surface area contributed by atoms with Gasteiger partial charge in [-0.2, -0.15) is 0 Å². The maximum Gasteiger partial charge on any atom is 0.122 e. The molecule has 0 atom stereocenters. The van der Waals surface area contributed by atoms with Crippen molar-refractivity contribution in [3.63, 3.8) is 0 Å². The van der Waals surface area contributed by atoms with E-state index in [1.54, 1.807) is 0 Å². The zero-order chi connectivity index (χ0) is 10.5. The zero-order valence-corrected chi connectivity index (χ0v) is 9.52. The Morgan fingerprint density at radius 3 is 3.13 bits per heavy atom. The maximum atomic E-state index is 5.58. The van der Waals surface area contributed by atoms with Crippen molar-refractivity contribution in [1.82, 2.24) is 5.32 Å². The molecule has 2 rings (SSSR count). The molecule has 82 valence electrons. The van der Waals surface area contributed by atoms with Gasteiger partial charge in [-0.15, -0.1) is 11.6 Å². The molecule has 0 fully saturated rings. The molecule has 1 aromatic rings. The molecule has 0 bridgehead atoms. The van der Waals surface area contributed by atoms with Crippen molar-refractivity contribution in [3.05, 3.63) is 29.3 Å². The van der Waals surface area contributed by atoms with Crippen molar-refractivity contribution >= 4 is 11.6 Å². The molecule has 0 amide bonds. The van der Waals surface area contributed by atoms with Crippen LogP contribution in [-0.4, -0.2) is 25.6 Å². The number of ether oxygens (including phenoxy) is 1. The van der Waals surface area contributed by atoms with Gasteiger partial charge in [0.1, 0.15) is 5.75 Å². The van der Waals surface area contributed by atoms with Crippen LogP contribution < -0.4 is 10.1 Å². The highest BCUT2D eigenvalue weighted by molar-refractivity contribution is 6.18. The number of nitrogens with one attached hydrogen (secondary N) is 1. The molecule has 1 aromatic carbocycles. The van der Waals surface area contributed by atoms with Crippen LogP contribution in [0.1, 0.15) is 11.1 Å². The summed E-state index contributed by atoms with van der Waals surface area (Å²) in [7, 11) is 0. The Labute approximate surface area is 95.6 Å². The van der Waals surface area contributed by atoms with Crippen molar-refractivity contribution in [2.24, 2.45) is 0 Å². The summed E-state index contributed by atoms with van der Waals surface area (Å²) < 4.78 is 5.46. The van der Waals surface area contributed by atoms with Crippen LogP contribution in [0, 0.1) is 0 Å². The van der Waals surface area contributed by atoms with E-state index < -0.39 is 0 Å². The van der Waals surface area contributed by atoms with Gasteiger partial charge in [0, 0.05) is 18.8 Å². The fourth-order valence-corrected chi connectivity index (χ4v) is 1.95. The molecular formula is C12H16ClNO. The maximum absolute atomic E-state index is 5.58. The predicted octanol–water partition coefficient (Wildman–Crippen LogP) is 1.99. The van der Waals surface area contributed by atoms with Crippen LogP contribution >= 0.6 is 11.6 Å². The predicted molar refractivity (Wildman–Crippen MR) is 62.9 cm³/mol. The molecule has 0 saturated heterocycles. The summed E-state index contributed by atoms with van der Waals surface area (Å²) >= 11 is 5.58. The Kier molecular flexibility index (Phi) is 3.87. The highest BCUT2D eigenvalue weighted by Crippen LogP contribution is 2.25. The van der Waals surface area contributed by atoms with Crippen LogP contribution in [0.2, 0.25) is 0 Å². The van der Waals surface area contributed by atoms with Crippen LogP contribution in [0.15, 0.2) is 18.2 Å². The van der Waals surface area contributed by atoms with Gasteiger partial charge in [0.2, 0.25) is 0 Å². The van der Waals surface area contributed by atoms with Crippen molar-refractivity contribution in [2.45, 2.75) is 12.8 Å². The summed E-state index contributed by atoms with van der Waals surface area (Å²) in [5, 5.41) is 3.29. The molecule has 0 unspecified atom stereocenters. The smallest absolute Gasteiger partial charge is 0.122 e. The third-order valence-corrected chi connectivity index (χ3v) is 2.80. The molecule has 1 aliphatic rings. The second-order valence-electron chi connectivity index (χ2n) is 3.73. The summed E-state index contributed by atoms with van der Waals surface area (Å²) in [5.41, 5.74) is 2.73. The van der Waals surface area contributed by atoms with Gasteiger partial charge in [-0.05, 0) is 30.2 Å². The second-order valence-corrected chi connectivity index (χ2v) is 4.11. The molecular weight excluding hydrogens is 210 g/mol. The van der Waals surface area contributed by atoms with Crippen LogP contribution in [-0.2, 0) is 12.8 Å². The number of fused-ring (bicyclic) bond motifs is 1. The lowest BCUT2D eigenvalue weighted by Gasteiger charge is -2.05. The van der Waals surface area contributed by atoms with Crippen LogP contribution in [0.5, 0.6) is 5.75 Å². The monoisotopic (exact) mass is 225 g/mol. The number of alkyl halides is 1.